The Morgan fingerprint density at radius 3 is 2.63 bits per heavy atom. The highest BCUT2D eigenvalue weighted by Crippen LogP contribution is 2.26. The highest BCUT2D eigenvalue weighted by Gasteiger charge is 2.39. The number of piperidine rings is 1. The molecule has 112 valence electrons. The molecule has 0 aromatic carbocycles. The van der Waals surface area contributed by atoms with Gasteiger partial charge in [0.2, 0.25) is 0 Å². The number of nitrogens with one attached hydrogen (secondary N) is 1. The monoisotopic (exact) mass is 354 g/mol. The summed E-state index contributed by atoms with van der Waals surface area (Å²) in [5.74, 6) is 0. The zero-order valence-corrected chi connectivity index (χ0v) is 13.8. The van der Waals surface area contributed by atoms with Crippen LogP contribution in [0.5, 0.6) is 0 Å². The number of halogens is 1. The molecule has 1 atom stereocenters. The minimum Gasteiger partial charge on any atom is -0.381 e. The van der Waals surface area contributed by atoms with Crippen LogP contribution in [0, 0.1) is 0 Å². The third-order valence-corrected chi connectivity index (χ3v) is 7.03. The van der Waals surface area contributed by atoms with Crippen LogP contribution in [0.25, 0.3) is 0 Å². The zero-order chi connectivity index (χ0) is 13.9. The minimum absolute atomic E-state index is 0.0958. The van der Waals surface area contributed by atoms with Crippen molar-refractivity contribution < 1.29 is 13.2 Å². The molecule has 0 aliphatic carbocycles. The molecule has 2 fully saturated rings. The Hall–Kier alpha value is 0.310. The smallest absolute Gasteiger partial charge is 0.280 e. The van der Waals surface area contributed by atoms with Gasteiger partial charge in [-0.1, -0.05) is 22.4 Å². The maximum absolute atomic E-state index is 12.6. The lowest BCUT2D eigenvalue weighted by atomic mass is 9.94. The lowest BCUT2D eigenvalue weighted by Crippen LogP contribution is -2.58. The average Bonchev–Trinajstić information content (AvgIpc) is 2.39. The summed E-state index contributed by atoms with van der Waals surface area (Å²) < 4.78 is 35.1. The van der Waals surface area contributed by atoms with E-state index in [-0.39, 0.29) is 6.04 Å². The third-order valence-electron chi connectivity index (χ3n) is 4.10. The molecule has 0 aromatic heterocycles. The van der Waals surface area contributed by atoms with E-state index in [1.54, 1.807) is 4.31 Å². The van der Waals surface area contributed by atoms with Crippen LogP contribution < -0.4 is 4.72 Å². The lowest BCUT2D eigenvalue weighted by Gasteiger charge is -2.40. The summed E-state index contributed by atoms with van der Waals surface area (Å²) in [6.45, 7) is 3.85. The first-order valence-corrected chi connectivity index (χ1v) is 9.50. The van der Waals surface area contributed by atoms with Crippen molar-refractivity contribution >= 4 is 26.1 Å². The van der Waals surface area contributed by atoms with Crippen LogP contribution in [0.2, 0.25) is 0 Å². The van der Waals surface area contributed by atoms with Gasteiger partial charge in [-0.25, -0.2) is 0 Å². The molecule has 2 saturated heterocycles. The van der Waals surface area contributed by atoms with Crippen LogP contribution >= 0.6 is 15.9 Å². The largest absolute Gasteiger partial charge is 0.381 e. The highest BCUT2D eigenvalue weighted by molar-refractivity contribution is 9.09. The molecule has 2 heterocycles. The summed E-state index contributed by atoms with van der Waals surface area (Å²) in [5.41, 5.74) is -0.395. The average molecular weight is 355 g/mol. The Morgan fingerprint density at radius 2 is 2.05 bits per heavy atom. The van der Waals surface area contributed by atoms with Gasteiger partial charge in [0, 0.05) is 36.7 Å². The summed E-state index contributed by atoms with van der Waals surface area (Å²) in [6.07, 6.45) is 4.46. The van der Waals surface area contributed by atoms with Gasteiger partial charge in [0.1, 0.15) is 0 Å². The Balaban J connectivity index is 2.10. The van der Waals surface area contributed by atoms with Gasteiger partial charge in [-0.15, -0.1) is 0 Å². The Labute approximate surface area is 124 Å². The van der Waals surface area contributed by atoms with Crippen molar-refractivity contribution in [2.45, 2.75) is 50.6 Å². The first kappa shape index (κ1) is 15.7. The van der Waals surface area contributed by atoms with Crippen molar-refractivity contribution in [2.24, 2.45) is 0 Å². The van der Waals surface area contributed by atoms with Crippen LogP contribution in [0.3, 0.4) is 0 Å². The van der Waals surface area contributed by atoms with E-state index in [0.717, 1.165) is 32.1 Å². The van der Waals surface area contributed by atoms with E-state index in [1.807, 2.05) is 6.92 Å². The molecule has 1 N–H and O–H groups in total. The summed E-state index contributed by atoms with van der Waals surface area (Å²) >= 11 is 3.46. The number of hydrogen-bond acceptors (Lipinski definition) is 3. The fraction of sp³-hybridized carbons (Fsp3) is 1.00. The van der Waals surface area contributed by atoms with Crippen LogP contribution in [0.4, 0.5) is 0 Å². The predicted octanol–water partition coefficient (Wildman–Crippen LogP) is 1.64. The van der Waals surface area contributed by atoms with Gasteiger partial charge in [-0.2, -0.15) is 17.4 Å². The van der Waals surface area contributed by atoms with E-state index in [2.05, 4.69) is 20.7 Å². The molecule has 1 unspecified atom stereocenters. The molecule has 2 rings (SSSR count). The van der Waals surface area contributed by atoms with E-state index in [9.17, 15) is 8.42 Å². The van der Waals surface area contributed by atoms with E-state index in [1.165, 1.54) is 0 Å². The number of nitrogens with zero attached hydrogens (tertiary/aromatic N) is 1. The van der Waals surface area contributed by atoms with Crippen LogP contribution in [-0.4, -0.2) is 49.4 Å². The van der Waals surface area contributed by atoms with Crippen molar-refractivity contribution in [3.63, 3.8) is 0 Å². The Morgan fingerprint density at radius 1 is 1.37 bits per heavy atom. The van der Waals surface area contributed by atoms with Gasteiger partial charge in [-0.05, 0) is 32.6 Å². The fourth-order valence-corrected chi connectivity index (χ4v) is 5.56. The van der Waals surface area contributed by atoms with Gasteiger partial charge >= 0.3 is 0 Å². The molecule has 0 amide bonds. The molecule has 0 aromatic rings. The molecule has 7 heteroatoms. The first-order valence-electron chi connectivity index (χ1n) is 6.94. The Bertz CT molecular complexity index is 396. The fourth-order valence-electron chi connectivity index (χ4n) is 2.79. The second-order valence-corrected chi connectivity index (χ2v) is 7.77. The molecule has 2 aliphatic rings. The molecule has 19 heavy (non-hydrogen) atoms. The van der Waals surface area contributed by atoms with Gasteiger partial charge in [0.15, 0.2) is 0 Å². The summed E-state index contributed by atoms with van der Waals surface area (Å²) in [7, 11) is -3.40. The summed E-state index contributed by atoms with van der Waals surface area (Å²) in [5, 5.41) is 0.630. The van der Waals surface area contributed by atoms with Crippen molar-refractivity contribution in [1.82, 2.24) is 9.03 Å². The van der Waals surface area contributed by atoms with Crippen molar-refractivity contribution in [3.05, 3.63) is 0 Å². The third kappa shape index (κ3) is 3.69. The molecule has 5 nitrogen and oxygen atoms in total. The summed E-state index contributed by atoms with van der Waals surface area (Å²) in [4.78, 5) is 0. The maximum atomic E-state index is 12.6. The molecule has 0 saturated carbocycles. The minimum atomic E-state index is -3.40. The molecule has 0 radical (unpaired) electrons. The second-order valence-electron chi connectivity index (χ2n) is 5.59. The van der Waals surface area contributed by atoms with E-state index >= 15 is 0 Å². The van der Waals surface area contributed by atoms with E-state index < -0.39 is 15.7 Å². The molecule has 0 bridgehead atoms. The van der Waals surface area contributed by atoms with Gasteiger partial charge in [0.05, 0.1) is 0 Å². The zero-order valence-electron chi connectivity index (χ0n) is 11.4. The van der Waals surface area contributed by atoms with E-state index in [0.29, 0.717) is 25.1 Å². The van der Waals surface area contributed by atoms with Crippen LogP contribution in [0.15, 0.2) is 0 Å². The quantitative estimate of drug-likeness (QED) is 0.780. The predicted molar refractivity (Wildman–Crippen MR) is 78.7 cm³/mol. The molecular formula is C12H23BrN2O3S. The van der Waals surface area contributed by atoms with Crippen molar-refractivity contribution in [1.29, 1.82) is 0 Å². The lowest BCUT2D eigenvalue weighted by molar-refractivity contribution is 0.0548. The van der Waals surface area contributed by atoms with Crippen molar-refractivity contribution in [2.75, 3.05) is 25.1 Å². The molecule has 2 aliphatic heterocycles. The standard InChI is InChI=1S/C12H23BrN2O3S/c1-11-4-2-3-7-15(11)19(16,17)14-12(10-13)5-8-18-9-6-12/h11,14H,2-10H2,1H3. The Kier molecular flexibility index (Phi) is 5.28. The number of ether oxygens (including phenoxy) is 1. The van der Waals surface area contributed by atoms with Crippen molar-refractivity contribution in [3.8, 4) is 0 Å². The normalized spacial score (nSPS) is 29.3. The van der Waals surface area contributed by atoms with Gasteiger partial charge in [0.25, 0.3) is 10.2 Å². The molecular weight excluding hydrogens is 332 g/mol. The number of rotatable bonds is 4. The number of hydrogen-bond donors (Lipinski definition) is 1. The van der Waals surface area contributed by atoms with Gasteiger partial charge < -0.3 is 4.74 Å². The van der Waals surface area contributed by atoms with Crippen LogP contribution in [0.1, 0.15) is 39.0 Å². The summed E-state index contributed by atoms with van der Waals surface area (Å²) in [6, 6.07) is 0.0958. The first-order chi connectivity index (χ1) is 8.99. The van der Waals surface area contributed by atoms with Crippen LogP contribution in [-0.2, 0) is 14.9 Å². The molecule has 0 spiro atoms. The highest BCUT2D eigenvalue weighted by atomic mass is 79.9. The second kappa shape index (κ2) is 6.39. The number of alkyl halides is 1. The topological polar surface area (TPSA) is 58.6 Å². The van der Waals surface area contributed by atoms with E-state index in [4.69, 9.17) is 4.74 Å². The maximum Gasteiger partial charge on any atom is 0.280 e. The van der Waals surface area contributed by atoms with Gasteiger partial charge in [-0.3, -0.25) is 0 Å². The SMILES string of the molecule is CC1CCCCN1S(=O)(=O)NC1(CBr)CCOCC1.